The van der Waals surface area contributed by atoms with Crippen LogP contribution in [0.1, 0.15) is 11.1 Å². The smallest absolute Gasteiger partial charge is 0.127 e. The lowest BCUT2D eigenvalue weighted by molar-refractivity contribution is 0.402. The molecule has 0 aromatic heterocycles. The molecule has 0 heterocycles. The molecule has 2 rings (SSSR count). The molecule has 0 saturated heterocycles. The summed E-state index contributed by atoms with van der Waals surface area (Å²) in [7, 11) is 6.42. The highest BCUT2D eigenvalue weighted by molar-refractivity contribution is 5.87. The topological polar surface area (TPSA) is 61.6 Å². The summed E-state index contributed by atoms with van der Waals surface area (Å²) in [5.74, 6) is 2.81. The zero-order chi connectivity index (χ0) is 17.4. The summed E-state index contributed by atoms with van der Waals surface area (Å²) in [6, 6.07) is 10.9. The Morgan fingerprint density at radius 1 is 0.625 bits per heavy atom. The molecule has 0 fully saturated rings. The van der Waals surface area contributed by atoms with Crippen LogP contribution in [0.15, 0.2) is 46.6 Å². The van der Waals surface area contributed by atoms with Gasteiger partial charge in [-0.3, -0.25) is 0 Å². The van der Waals surface area contributed by atoms with Crippen LogP contribution in [0.4, 0.5) is 0 Å². The highest BCUT2D eigenvalue weighted by Crippen LogP contribution is 2.23. The fourth-order valence-electron chi connectivity index (χ4n) is 2.07. The summed E-state index contributed by atoms with van der Waals surface area (Å²) in [5, 5.41) is 8.13. The second kappa shape index (κ2) is 8.57. The predicted molar refractivity (Wildman–Crippen MR) is 94.3 cm³/mol. The van der Waals surface area contributed by atoms with Gasteiger partial charge in [0.2, 0.25) is 0 Å². The molecular formula is C18H20N2O4. The van der Waals surface area contributed by atoms with E-state index in [2.05, 4.69) is 10.2 Å². The Morgan fingerprint density at radius 3 is 1.38 bits per heavy atom. The Balaban J connectivity index is 2.21. The van der Waals surface area contributed by atoms with Gasteiger partial charge in [0.25, 0.3) is 0 Å². The standard InChI is InChI=1S/C18H20N2O4/c1-21-15-5-7-17(23-3)13(9-15)11-19-20-12-14-10-16(22-2)6-8-18(14)24-4/h5-12H,1-4H3/b19-11-,20-12+. The lowest BCUT2D eigenvalue weighted by Gasteiger charge is -2.06. The van der Waals surface area contributed by atoms with Gasteiger partial charge in [-0.05, 0) is 36.4 Å². The monoisotopic (exact) mass is 328 g/mol. The summed E-state index contributed by atoms with van der Waals surface area (Å²) in [4.78, 5) is 0. The van der Waals surface area contributed by atoms with Crippen LogP contribution in [-0.2, 0) is 0 Å². The van der Waals surface area contributed by atoms with Crippen molar-refractivity contribution in [1.82, 2.24) is 0 Å². The lowest BCUT2D eigenvalue weighted by Crippen LogP contribution is -1.93. The third-order valence-corrected chi connectivity index (χ3v) is 3.33. The second-order valence-corrected chi connectivity index (χ2v) is 4.70. The van der Waals surface area contributed by atoms with E-state index in [4.69, 9.17) is 18.9 Å². The molecule has 0 unspecified atom stereocenters. The van der Waals surface area contributed by atoms with Crippen molar-refractivity contribution in [3.05, 3.63) is 47.5 Å². The van der Waals surface area contributed by atoms with E-state index in [-0.39, 0.29) is 0 Å². The van der Waals surface area contributed by atoms with Crippen LogP contribution in [0, 0.1) is 0 Å². The maximum Gasteiger partial charge on any atom is 0.127 e. The average Bonchev–Trinajstić information content (AvgIpc) is 2.64. The molecule has 2 aromatic rings. The van der Waals surface area contributed by atoms with Crippen molar-refractivity contribution in [2.24, 2.45) is 10.2 Å². The molecule has 0 aliphatic heterocycles. The number of nitrogens with zero attached hydrogens (tertiary/aromatic N) is 2. The van der Waals surface area contributed by atoms with Crippen molar-refractivity contribution in [1.29, 1.82) is 0 Å². The summed E-state index contributed by atoms with van der Waals surface area (Å²) < 4.78 is 21.0. The van der Waals surface area contributed by atoms with Crippen molar-refractivity contribution < 1.29 is 18.9 Å². The van der Waals surface area contributed by atoms with E-state index in [0.717, 1.165) is 22.6 Å². The minimum atomic E-state index is 0.689. The zero-order valence-corrected chi connectivity index (χ0v) is 14.1. The van der Waals surface area contributed by atoms with E-state index in [1.54, 1.807) is 40.9 Å². The van der Waals surface area contributed by atoms with E-state index in [9.17, 15) is 0 Å². The second-order valence-electron chi connectivity index (χ2n) is 4.70. The van der Waals surface area contributed by atoms with Gasteiger partial charge in [0.15, 0.2) is 0 Å². The summed E-state index contributed by atoms with van der Waals surface area (Å²) in [5.41, 5.74) is 1.54. The molecule has 24 heavy (non-hydrogen) atoms. The van der Waals surface area contributed by atoms with Crippen LogP contribution in [0.25, 0.3) is 0 Å². The van der Waals surface area contributed by atoms with Gasteiger partial charge in [-0.25, -0.2) is 0 Å². The molecule has 6 heteroatoms. The Kier molecular flexibility index (Phi) is 6.19. The number of rotatable bonds is 7. The average molecular weight is 328 g/mol. The fourth-order valence-corrected chi connectivity index (χ4v) is 2.07. The van der Waals surface area contributed by atoms with Gasteiger partial charge in [-0.15, -0.1) is 0 Å². The molecule has 126 valence electrons. The van der Waals surface area contributed by atoms with Gasteiger partial charge in [0, 0.05) is 11.1 Å². The van der Waals surface area contributed by atoms with Crippen LogP contribution >= 0.6 is 0 Å². The molecule has 0 N–H and O–H groups in total. The van der Waals surface area contributed by atoms with Gasteiger partial charge in [0.1, 0.15) is 23.0 Å². The number of benzene rings is 2. The van der Waals surface area contributed by atoms with E-state index >= 15 is 0 Å². The first-order chi connectivity index (χ1) is 11.7. The first-order valence-electron chi connectivity index (χ1n) is 7.22. The van der Waals surface area contributed by atoms with E-state index < -0.39 is 0 Å². The Morgan fingerprint density at radius 2 is 1.04 bits per heavy atom. The van der Waals surface area contributed by atoms with Crippen molar-refractivity contribution in [2.45, 2.75) is 0 Å². The van der Waals surface area contributed by atoms with Crippen molar-refractivity contribution >= 4 is 12.4 Å². The van der Waals surface area contributed by atoms with Crippen LogP contribution < -0.4 is 18.9 Å². The predicted octanol–water partition coefficient (Wildman–Crippen LogP) is 3.17. The van der Waals surface area contributed by atoms with Gasteiger partial charge >= 0.3 is 0 Å². The molecule has 0 saturated carbocycles. The number of ether oxygens (including phenoxy) is 4. The van der Waals surface area contributed by atoms with Crippen molar-refractivity contribution in [3.63, 3.8) is 0 Å². The van der Waals surface area contributed by atoms with Crippen LogP contribution in [-0.4, -0.2) is 40.9 Å². The molecule has 2 aromatic carbocycles. The molecular weight excluding hydrogens is 308 g/mol. The Hall–Kier alpha value is -3.02. The minimum absolute atomic E-state index is 0.689. The number of methoxy groups -OCH3 is 4. The lowest BCUT2D eigenvalue weighted by atomic mass is 10.2. The molecule has 0 radical (unpaired) electrons. The van der Waals surface area contributed by atoms with Crippen molar-refractivity contribution in [3.8, 4) is 23.0 Å². The highest BCUT2D eigenvalue weighted by Gasteiger charge is 2.03. The molecule has 0 bridgehead atoms. The zero-order valence-electron chi connectivity index (χ0n) is 14.1. The molecule has 0 spiro atoms. The van der Waals surface area contributed by atoms with E-state index in [1.165, 1.54) is 0 Å². The maximum absolute atomic E-state index is 5.29. The van der Waals surface area contributed by atoms with Crippen LogP contribution in [0.2, 0.25) is 0 Å². The molecule has 0 atom stereocenters. The largest absolute Gasteiger partial charge is 0.497 e. The Bertz CT molecular complexity index is 678. The number of hydrogen-bond acceptors (Lipinski definition) is 6. The van der Waals surface area contributed by atoms with Gasteiger partial charge in [-0.2, -0.15) is 10.2 Å². The first kappa shape index (κ1) is 17.3. The minimum Gasteiger partial charge on any atom is -0.497 e. The maximum atomic E-state index is 5.29. The summed E-state index contributed by atoms with van der Waals surface area (Å²) in [6.07, 6.45) is 3.20. The summed E-state index contributed by atoms with van der Waals surface area (Å²) in [6.45, 7) is 0. The normalized spacial score (nSPS) is 11.0. The van der Waals surface area contributed by atoms with Crippen LogP contribution in [0.3, 0.4) is 0 Å². The highest BCUT2D eigenvalue weighted by atomic mass is 16.5. The van der Waals surface area contributed by atoms with Gasteiger partial charge in [-0.1, -0.05) is 0 Å². The van der Waals surface area contributed by atoms with Gasteiger partial charge in [0.05, 0.1) is 40.9 Å². The van der Waals surface area contributed by atoms with E-state index in [0.29, 0.717) is 11.5 Å². The van der Waals surface area contributed by atoms with Crippen LogP contribution in [0.5, 0.6) is 23.0 Å². The third kappa shape index (κ3) is 4.25. The number of hydrogen-bond donors (Lipinski definition) is 0. The van der Waals surface area contributed by atoms with E-state index in [1.807, 2.05) is 36.4 Å². The molecule has 0 aliphatic carbocycles. The molecule has 0 aliphatic rings. The Labute approximate surface area is 141 Å². The fraction of sp³-hybridized carbons (Fsp3) is 0.222. The quantitative estimate of drug-likeness (QED) is 0.578. The first-order valence-corrected chi connectivity index (χ1v) is 7.22. The molecule has 0 amide bonds. The molecule has 6 nitrogen and oxygen atoms in total. The van der Waals surface area contributed by atoms with Gasteiger partial charge < -0.3 is 18.9 Å². The SMILES string of the molecule is COc1ccc(OC)c(/C=N\N=C\c2cc(OC)ccc2OC)c1. The third-order valence-electron chi connectivity index (χ3n) is 3.33. The van der Waals surface area contributed by atoms with Crippen molar-refractivity contribution in [2.75, 3.05) is 28.4 Å². The summed E-state index contributed by atoms with van der Waals surface area (Å²) >= 11 is 0.